The summed E-state index contributed by atoms with van der Waals surface area (Å²) in [5, 5.41) is 9.23. The molecule has 4 rings (SSSR count). The van der Waals surface area contributed by atoms with Gasteiger partial charge in [0.25, 0.3) is 0 Å². The van der Waals surface area contributed by atoms with E-state index in [1.54, 1.807) is 23.9 Å². The van der Waals surface area contributed by atoms with Gasteiger partial charge in [0.15, 0.2) is 0 Å². The van der Waals surface area contributed by atoms with Crippen LogP contribution in [-0.2, 0) is 4.79 Å². The summed E-state index contributed by atoms with van der Waals surface area (Å²) < 4.78 is 7.06. The van der Waals surface area contributed by atoms with E-state index in [2.05, 4.69) is 5.32 Å². The molecule has 146 valence electrons. The van der Waals surface area contributed by atoms with Gasteiger partial charge < -0.3 is 10.1 Å². The third-order valence-corrected chi connectivity index (χ3v) is 5.06. The van der Waals surface area contributed by atoms with Gasteiger partial charge in [0, 0.05) is 16.0 Å². The number of carbonyl (C=O) groups is 1. The topological polar surface area (TPSA) is 56.1 Å². The maximum absolute atomic E-state index is 13.0. The second kappa shape index (κ2) is 7.97. The molecular formula is C23H20ClN3O2. The van der Waals surface area contributed by atoms with Crippen molar-refractivity contribution in [2.45, 2.75) is 13.0 Å². The summed E-state index contributed by atoms with van der Waals surface area (Å²) in [6, 6.07) is 22.2. The maximum Gasteiger partial charge on any atom is 0.249 e. The summed E-state index contributed by atoms with van der Waals surface area (Å²) in [6.07, 6.45) is 0. The molecule has 4 aromatic rings. The first-order valence-corrected chi connectivity index (χ1v) is 9.63. The second-order valence-electron chi connectivity index (χ2n) is 6.69. The predicted molar refractivity (Wildman–Crippen MR) is 117 cm³/mol. The highest BCUT2D eigenvalue weighted by Gasteiger charge is 2.22. The van der Waals surface area contributed by atoms with Gasteiger partial charge in [-0.25, -0.2) is 0 Å². The minimum absolute atomic E-state index is 0.187. The third kappa shape index (κ3) is 3.69. The smallest absolute Gasteiger partial charge is 0.249 e. The van der Waals surface area contributed by atoms with Crippen LogP contribution in [0, 0.1) is 0 Å². The number of nitrogens with one attached hydrogen (secondary N) is 1. The number of aromatic nitrogens is 2. The van der Waals surface area contributed by atoms with E-state index < -0.39 is 6.04 Å². The molecule has 0 bridgehead atoms. The molecule has 0 aliphatic carbocycles. The Balaban J connectivity index is 1.74. The summed E-state index contributed by atoms with van der Waals surface area (Å²) in [4.78, 5) is 13.0. The van der Waals surface area contributed by atoms with Gasteiger partial charge in [-0.15, -0.1) is 0 Å². The van der Waals surface area contributed by atoms with E-state index in [9.17, 15) is 4.79 Å². The molecular weight excluding hydrogens is 386 g/mol. The number of amides is 1. The van der Waals surface area contributed by atoms with Crippen LogP contribution in [0.5, 0.6) is 5.75 Å². The highest BCUT2D eigenvalue weighted by Crippen LogP contribution is 2.32. The monoisotopic (exact) mass is 405 g/mol. The fraction of sp³-hybridized carbons (Fsp3) is 0.130. The van der Waals surface area contributed by atoms with Gasteiger partial charge in [-0.1, -0.05) is 54.1 Å². The number of halogens is 1. The zero-order valence-corrected chi connectivity index (χ0v) is 16.9. The molecule has 0 fully saturated rings. The van der Waals surface area contributed by atoms with Crippen LogP contribution in [0.1, 0.15) is 13.0 Å². The van der Waals surface area contributed by atoms with Crippen molar-refractivity contribution in [2.24, 2.45) is 0 Å². The highest BCUT2D eigenvalue weighted by atomic mass is 35.5. The number of anilines is 1. The molecule has 0 aliphatic rings. The van der Waals surface area contributed by atoms with Crippen molar-refractivity contribution in [3.05, 3.63) is 77.8 Å². The molecule has 0 saturated heterocycles. The second-order valence-corrected chi connectivity index (χ2v) is 7.12. The van der Waals surface area contributed by atoms with Crippen molar-refractivity contribution >= 4 is 34.1 Å². The fourth-order valence-electron chi connectivity index (χ4n) is 3.31. The molecule has 1 heterocycles. The summed E-state index contributed by atoms with van der Waals surface area (Å²) in [6.45, 7) is 1.82. The molecule has 5 nitrogen and oxygen atoms in total. The van der Waals surface area contributed by atoms with Crippen LogP contribution in [-0.4, -0.2) is 22.8 Å². The largest absolute Gasteiger partial charge is 0.495 e. The van der Waals surface area contributed by atoms with Crippen LogP contribution >= 0.6 is 11.6 Å². The van der Waals surface area contributed by atoms with E-state index in [4.69, 9.17) is 21.4 Å². The minimum Gasteiger partial charge on any atom is -0.495 e. The number of carbonyl (C=O) groups excluding carboxylic acids is 1. The molecule has 6 heteroatoms. The molecule has 29 heavy (non-hydrogen) atoms. The number of methoxy groups -OCH3 is 1. The Morgan fingerprint density at radius 3 is 2.55 bits per heavy atom. The molecule has 1 aromatic heterocycles. The van der Waals surface area contributed by atoms with Crippen LogP contribution in [0.3, 0.4) is 0 Å². The normalized spacial score (nSPS) is 12.0. The number of ether oxygens (including phenoxy) is 1. The van der Waals surface area contributed by atoms with Crippen LogP contribution in [0.2, 0.25) is 5.02 Å². The van der Waals surface area contributed by atoms with Crippen molar-refractivity contribution < 1.29 is 9.53 Å². The Morgan fingerprint density at radius 1 is 1.07 bits per heavy atom. The van der Waals surface area contributed by atoms with Gasteiger partial charge in [0.2, 0.25) is 5.91 Å². The molecule has 1 atom stereocenters. The van der Waals surface area contributed by atoms with Gasteiger partial charge in [-0.2, -0.15) is 5.10 Å². The lowest BCUT2D eigenvalue weighted by Crippen LogP contribution is -2.24. The molecule has 0 unspecified atom stereocenters. The van der Waals surface area contributed by atoms with Gasteiger partial charge in [-0.05, 0) is 37.3 Å². The average molecular weight is 406 g/mol. The Morgan fingerprint density at radius 2 is 1.79 bits per heavy atom. The Kier molecular flexibility index (Phi) is 5.23. The zero-order chi connectivity index (χ0) is 20.4. The highest BCUT2D eigenvalue weighted by molar-refractivity contribution is 6.31. The van der Waals surface area contributed by atoms with Crippen LogP contribution in [0.15, 0.2) is 72.8 Å². The Labute approximate surface area is 173 Å². The van der Waals surface area contributed by atoms with E-state index in [0.717, 1.165) is 22.2 Å². The number of fused-ring (bicyclic) bond motifs is 1. The summed E-state index contributed by atoms with van der Waals surface area (Å²) in [7, 11) is 1.57. The average Bonchev–Trinajstić information content (AvgIpc) is 3.12. The predicted octanol–water partition coefficient (Wildman–Crippen LogP) is 5.57. The summed E-state index contributed by atoms with van der Waals surface area (Å²) in [5.41, 5.74) is 3.22. The first kappa shape index (κ1) is 19.0. The van der Waals surface area contributed by atoms with E-state index in [-0.39, 0.29) is 5.91 Å². The van der Waals surface area contributed by atoms with E-state index >= 15 is 0 Å². The van der Waals surface area contributed by atoms with Crippen molar-refractivity contribution in [3.8, 4) is 17.0 Å². The zero-order valence-electron chi connectivity index (χ0n) is 16.1. The Hall–Kier alpha value is -3.31. The van der Waals surface area contributed by atoms with Crippen molar-refractivity contribution in [2.75, 3.05) is 12.4 Å². The van der Waals surface area contributed by atoms with Crippen LogP contribution in [0.4, 0.5) is 5.69 Å². The van der Waals surface area contributed by atoms with E-state index in [1.807, 2.05) is 67.6 Å². The number of benzene rings is 3. The van der Waals surface area contributed by atoms with Gasteiger partial charge in [0.05, 0.1) is 18.3 Å². The lowest BCUT2D eigenvalue weighted by Gasteiger charge is -2.15. The summed E-state index contributed by atoms with van der Waals surface area (Å²) >= 11 is 6.24. The number of hydrogen-bond acceptors (Lipinski definition) is 3. The fourth-order valence-corrected chi connectivity index (χ4v) is 3.49. The molecule has 0 radical (unpaired) electrons. The summed E-state index contributed by atoms with van der Waals surface area (Å²) in [5.74, 6) is 0.420. The first-order chi connectivity index (χ1) is 14.1. The standard InChI is InChI=1S/C23H20ClN3O2/c1-15(23(28)25-19-10-6-7-11-21(19)29-2)27-20-13-12-17(24)14-18(20)22(26-27)16-8-4-3-5-9-16/h3-15H,1-2H3,(H,25,28)/t15-/m1/s1. The van der Waals surface area contributed by atoms with Crippen molar-refractivity contribution in [3.63, 3.8) is 0 Å². The first-order valence-electron chi connectivity index (χ1n) is 9.25. The lowest BCUT2D eigenvalue weighted by atomic mass is 10.1. The number of para-hydroxylation sites is 2. The van der Waals surface area contributed by atoms with Crippen molar-refractivity contribution in [1.29, 1.82) is 0 Å². The van der Waals surface area contributed by atoms with Crippen molar-refractivity contribution in [1.82, 2.24) is 9.78 Å². The molecule has 0 aliphatic heterocycles. The van der Waals surface area contributed by atoms with Gasteiger partial charge >= 0.3 is 0 Å². The minimum atomic E-state index is -0.541. The van der Waals surface area contributed by atoms with Gasteiger partial charge in [0.1, 0.15) is 17.5 Å². The van der Waals surface area contributed by atoms with Crippen LogP contribution in [0.25, 0.3) is 22.2 Å². The van der Waals surface area contributed by atoms with E-state index in [1.165, 1.54) is 0 Å². The van der Waals surface area contributed by atoms with E-state index in [0.29, 0.717) is 16.5 Å². The number of hydrogen-bond donors (Lipinski definition) is 1. The molecule has 0 saturated carbocycles. The molecule has 0 spiro atoms. The van der Waals surface area contributed by atoms with Crippen LogP contribution < -0.4 is 10.1 Å². The third-order valence-electron chi connectivity index (χ3n) is 4.83. The molecule has 1 amide bonds. The molecule has 3 aromatic carbocycles. The number of rotatable bonds is 5. The number of nitrogens with zero attached hydrogens (tertiary/aromatic N) is 2. The molecule has 1 N–H and O–H groups in total. The Bertz CT molecular complexity index is 1170. The van der Waals surface area contributed by atoms with Gasteiger partial charge in [-0.3, -0.25) is 9.48 Å². The SMILES string of the molecule is COc1ccccc1NC(=O)[C@@H](C)n1nc(-c2ccccc2)c2cc(Cl)ccc21. The maximum atomic E-state index is 13.0. The quantitative estimate of drug-likeness (QED) is 0.472. The lowest BCUT2D eigenvalue weighted by molar-refractivity contribution is -0.119.